The van der Waals surface area contributed by atoms with Gasteiger partial charge < -0.3 is 19.4 Å². The molecule has 0 aliphatic carbocycles. The van der Waals surface area contributed by atoms with E-state index in [-0.39, 0.29) is 17.9 Å². The highest BCUT2D eigenvalue weighted by Crippen LogP contribution is 2.10. The quantitative estimate of drug-likeness (QED) is 0.537. The molecule has 23 heavy (non-hydrogen) atoms. The van der Waals surface area contributed by atoms with Crippen LogP contribution >= 0.6 is 0 Å². The van der Waals surface area contributed by atoms with E-state index in [1.807, 2.05) is 28.2 Å². The summed E-state index contributed by atoms with van der Waals surface area (Å²) in [6.07, 6.45) is 3.30. The Morgan fingerprint density at radius 1 is 0.870 bits per heavy atom. The summed E-state index contributed by atoms with van der Waals surface area (Å²) in [6, 6.07) is 0.613. The highest BCUT2D eigenvalue weighted by molar-refractivity contribution is 5.75. The minimum Gasteiger partial charge on any atom is -0.466 e. The predicted octanol–water partition coefficient (Wildman–Crippen LogP) is 1.45. The van der Waals surface area contributed by atoms with Crippen molar-refractivity contribution >= 4 is 11.9 Å². The van der Waals surface area contributed by atoms with Crippen molar-refractivity contribution in [1.82, 2.24) is 14.7 Å². The van der Waals surface area contributed by atoms with E-state index < -0.39 is 0 Å². The van der Waals surface area contributed by atoms with Crippen LogP contribution < -0.4 is 0 Å². The van der Waals surface area contributed by atoms with Gasteiger partial charge in [-0.3, -0.25) is 9.59 Å². The molecule has 0 spiro atoms. The predicted molar refractivity (Wildman–Crippen MR) is 93.4 cm³/mol. The molecule has 0 N–H and O–H groups in total. The topological polar surface area (TPSA) is 53.1 Å². The maximum atomic E-state index is 11.8. The van der Waals surface area contributed by atoms with Crippen LogP contribution in [0.1, 0.15) is 39.0 Å². The third-order valence-corrected chi connectivity index (χ3v) is 4.28. The van der Waals surface area contributed by atoms with Crippen LogP contribution in [0.4, 0.5) is 0 Å². The van der Waals surface area contributed by atoms with Crippen molar-refractivity contribution in [3.63, 3.8) is 0 Å². The summed E-state index contributed by atoms with van der Waals surface area (Å²) in [7, 11) is 11.5. The molecule has 0 aromatic heterocycles. The summed E-state index contributed by atoms with van der Waals surface area (Å²) in [5.74, 6) is -0.00732. The first-order chi connectivity index (χ1) is 10.6. The molecule has 0 aromatic rings. The Morgan fingerprint density at radius 3 is 1.96 bits per heavy atom. The lowest BCUT2D eigenvalue weighted by Gasteiger charge is -2.24. The first-order valence-corrected chi connectivity index (χ1v) is 8.33. The maximum Gasteiger partial charge on any atom is 0.305 e. The smallest absolute Gasteiger partial charge is 0.305 e. The average Bonchev–Trinajstić information content (AvgIpc) is 2.46. The second-order valence-corrected chi connectivity index (χ2v) is 6.80. The SMILES string of the molecule is CC(CCC(=O)OCCC(CCC(=O)N(C)C)N(C)C)N(C)C. The van der Waals surface area contributed by atoms with E-state index in [9.17, 15) is 9.59 Å². The number of hydrogen-bond acceptors (Lipinski definition) is 5. The van der Waals surface area contributed by atoms with Crippen molar-refractivity contribution in [2.75, 3.05) is 48.9 Å². The molecule has 0 aromatic carbocycles. The number of hydrogen-bond donors (Lipinski definition) is 0. The van der Waals surface area contributed by atoms with E-state index in [0.29, 0.717) is 25.5 Å². The van der Waals surface area contributed by atoms with Crippen LogP contribution in [0.15, 0.2) is 0 Å². The van der Waals surface area contributed by atoms with Crippen molar-refractivity contribution < 1.29 is 14.3 Å². The lowest BCUT2D eigenvalue weighted by molar-refractivity contribution is -0.144. The van der Waals surface area contributed by atoms with Gasteiger partial charge in [-0.2, -0.15) is 0 Å². The molecular weight excluding hydrogens is 294 g/mol. The second-order valence-electron chi connectivity index (χ2n) is 6.80. The van der Waals surface area contributed by atoms with E-state index in [1.54, 1.807) is 19.0 Å². The normalized spacial score (nSPS) is 14.0. The number of nitrogens with zero attached hydrogens (tertiary/aromatic N) is 3. The summed E-state index contributed by atoms with van der Waals surface area (Å²) < 4.78 is 5.33. The largest absolute Gasteiger partial charge is 0.466 e. The Bertz CT molecular complexity index is 357. The van der Waals surface area contributed by atoms with Gasteiger partial charge in [0.05, 0.1) is 6.61 Å². The van der Waals surface area contributed by atoms with Crippen LogP contribution in [0.5, 0.6) is 0 Å². The summed E-state index contributed by atoms with van der Waals surface area (Å²) in [5, 5.41) is 0. The molecule has 1 amide bonds. The van der Waals surface area contributed by atoms with Crippen LogP contribution in [-0.4, -0.2) is 87.6 Å². The lowest BCUT2D eigenvalue weighted by atomic mass is 10.1. The highest BCUT2D eigenvalue weighted by atomic mass is 16.5. The van der Waals surface area contributed by atoms with Gasteiger partial charge in [-0.05, 0) is 54.4 Å². The van der Waals surface area contributed by atoms with Gasteiger partial charge >= 0.3 is 5.97 Å². The molecule has 0 fully saturated rings. The van der Waals surface area contributed by atoms with Crippen LogP contribution in [0, 0.1) is 0 Å². The molecular formula is C17H35N3O3. The van der Waals surface area contributed by atoms with Crippen molar-refractivity contribution in [3.8, 4) is 0 Å². The van der Waals surface area contributed by atoms with Crippen molar-refractivity contribution in [2.24, 2.45) is 0 Å². The van der Waals surface area contributed by atoms with Gasteiger partial charge in [0.15, 0.2) is 0 Å². The first-order valence-electron chi connectivity index (χ1n) is 8.33. The number of amides is 1. The summed E-state index contributed by atoms with van der Waals surface area (Å²) in [4.78, 5) is 29.2. The van der Waals surface area contributed by atoms with Crippen LogP contribution in [-0.2, 0) is 14.3 Å². The molecule has 0 rings (SSSR count). The third-order valence-electron chi connectivity index (χ3n) is 4.28. The molecule has 6 nitrogen and oxygen atoms in total. The Morgan fingerprint density at radius 2 is 1.48 bits per heavy atom. The summed E-state index contributed by atoms with van der Waals surface area (Å²) in [6.45, 7) is 2.51. The molecule has 0 saturated carbocycles. The Kier molecular flexibility index (Phi) is 10.8. The Balaban J connectivity index is 4.04. The van der Waals surface area contributed by atoms with Gasteiger partial charge in [-0.1, -0.05) is 0 Å². The zero-order chi connectivity index (χ0) is 18.0. The lowest BCUT2D eigenvalue weighted by Crippen LogP contribution is -2.32. The van der Waals surface area contributed by atoms with Crippen LogP contribution in [0.3, 0.4) is 0 Å². The van der Waals surface area contributed by atoms with Crippen molar-refractivity contribution in [3.05, 3.63) is 0 Å². The Hall–Kier alpha value is -1.14. The molecule has 0 bridgehead atoms. The van der Waals surface area contributed by atoms with Crippen LogP contribution in [0.2, 0.25) is 0 Å². The molecule has 0 radical (unpaired) electrons. The van der Waals surface area contributed by atoms with Gasteiger partial charge in [-0.25, -0.2) is 0 Å². The van der Waals surface area contributed by atoms with Gasteiger partial charge in [0.2, 0.25) is 5.91 Å². The van der Waals surface area contributed by atoms with E-state index in [1.165, 1.54) is 0 Å². The van der Waals surface area contributed by atoms with Gasteiger partial charge in [0.25, 0.3) is 0 Å². The maximum absolute atomic E-state index is 11.8. The van der Waals surface area contributed by atoms with E-state index in [4.69, 9.17) is 4.74 Å². The zero-order valence-corrected chi connectivity index (χ0v) is 16.0. The van der Waals surface area contributed by atoms with Gasteiger partial charge in [-0.15, -0.1) is 0 Å². The standard InChI is InChI=1S/C17H35N3O3/c1-14(18(2)3)8-11-17(22)23-13-12-15(19(4)5)9-10-16(21)20(6)7/h14-15H,8-13H2,1-7H3. The van der Waals surface area contributed by atoms with Crippen LogP contribution in [0.25, 0.3) is 0 Å². The number of carbonyl (C=O) groups is 2. The molecule has 2 unspecified atom stereocenters. The molecule has 6 heteroatoms. The van der Waals surface area contributed by atoms with Gasteiger partial charge in [0, 0.05) is 39.0 Å². The molecule has 0 heterocycles. The second kappa shape index (κ2) is 11.4. The average molecular weight is 329 g/mol. The summed E-state index contributed by atoms with van der Waals surface area (Å²) in [5.41, 5.74) is 0. The summed E-state index contributed by atoms with van der Waals surface area (Å²) >= 11 is 0. The molecule has 136 valence electrons. The zero-order valence-electron chi connectivity index (χ0n) is 16.0. The number of rotatable bonds is 11. The fraction of sp³-hybridized carbons (Fsp3) is 0.882. The first kappa shape index (κ1) is 21.9. The van der Waals surface area contributed by atoms with Crippen molar-refractivity contribution in [1.29, 1.82) is 0 Å². The number of carbonyl (C=O) groups excluding carboxylic acids is 2. The van der Waals surface area contributed by atoms with Crippen molar-refractivity contribution in [2.45, 2.75) is 51.1 Å². The number of ether oxygens (including phenoxy) is 1. The minimum absolute atomic E-state index is 0.131. The Labute approximate surface area is 141 Å². The molecule has 0 aliphatic heterocycles. The van der Waals surface area contributed by atoms with E-state index >= 15 is 0 Å². The molecule has 0 saturated heterocycles. The number of esters is 1. The monoisotopic (exact) mass is 329 g/mol. The van der Waals surface area contributed by atoms with Gasteiger partial charge in [0.1, 0.15) is 0 Å². The fourth-order valence-corrected chi connectivity index (χ4v) is 2.14. The highest BCUT2D eigenvalue weighted by Gasteiger charge is 2.16. The minimum atomic E-state index is -0.138. The van der Waals surface area contributed by atoms with E-state index in [2.05, 4.69) is 16.7 Å². The third kappa shape index (κ3) is 10.3. The van der Waals surface area contributed by atoms with E-state index in [0.717, 1.165) is 19.3 Å². The molecule has 2 atom stereocenters. The fourth-order valence-electron chi connectivity index (χ4n) is 2.14. The molecule has 0 aliphatic rings.